The lowest BCUT2D eigenvalue weighted by Gasteiger charge is -2.55. The Labute approximate surface area is 146 Å². The molecule has 1 N–H and O–H groups in total. The molecule has 136 valence electrons. The molecule has 24 heavy (non-hydrogen) atoms. The van der Waals surface area contributed by atoms with Gasteiger partial charge in [0.1, 0.15) is 0 Å². The van der Waals surface area contributed by atoms with E-state index < -0.39 is 0 Å². The highest BCUT2D eigenvalue weighted by molar-refractivity contribution is 5.84. The van der Waals surface area contributed by atoms with Crippen LogP contribution >= 0.6 is 0 Å². The van der Waals surface area contributed by atoms with Crippen LogP contribution in [-0.2, 0) is 9.59 Å². The zero-order valence-electron chi connectivity index (χ0n) is 15.6. The van der Waals surface area contributed by atoms with E-state index in [9.17, 15) is 9.59 Å². The van der Waals surface area contributed by atoms with Crippen molar-refractivity contribution in [3.05, 3.63) is 0 Å². The fourth-order valence-corrected chi connectivity index (χ4v) is 6.08. The Morgan fingerprint density at radius 1 is 1.04 bits per heavy atom. The Kier molecular flexibility index (Phi) is 5.22. The van der Waals surface area contributed by atoms with Gasteiger partial charge < -0.3 is 10.2 Å². The Morgan fingerprint density at radius 2 is 1.54 bits per heavy atom. The predicted molar refractivity (Wildman–Crippen MR) is 95.4 cm³/mol. The van der Waals surface area contributed by atoms with E-state index in [1.54, 1.807) is 0 Å². The fraction of sp³-hybridized carbons (Fsp3) is 0.900. The van der Waals surface area contributed by atoms with Crippen molar-refractivity contribution in [2.75, 3.05) is 13.6 Å². The first-order valence-corrected chi connectivity index (χ1v) is 10.0. The summed E-state index contributed by atoms with van der Waals surface area (Å²) in [4.78, 5) is 27.0. The summed E-state index contributed by atoms with van der Waals surface area (Å²) in [6, 6.07) is 0.316. The highest BCUT2D eigenvalue weighted by Crippen LogP contribution is 2.60. The molecule has 4 fully saturated rings. The van der Waals surface area contributed by atoms with Gasteiger partial charge in [-0.2, -0.15) is 0 Å². The molecule has 0 aromatic heterocycles. The number of nitrogens with one attached hydrogen (secondary N) is 1. The molecular formula is C20H34N2O2. The lowest BCUT2D eigenvalue weighted by molar-refractivity contribution is -0.146. The van der Waals surface area contributed by atoms with Crippen LogP contribution in [0.25, 0.3) is 0 Å². The molecule has 0 atom stereocenters. The first-order valence-electron chi connectivity index (χ1n) is 10.0. The molecule has 0 unspecified atom stereocenters. The van der Waals surface area contributed by atoms with Gasteiger partial charge in [0, 0.05) is 31.5 Å². The van der Waals surface area contributed by atoms with Crippen LogP contribution in [0.4, 0.5) is 0 Å². The van der Waals surface area contributed by atoms with Crippen LogP contribution in [0.3, 0.4) is 0 Å². The lowest BCUT2D eigenvalue weighted by Crippen LogP contribution is -2.53. The van der Waals surface area contributed by atoms with E-state index in [-0.39, 0.29) is 17.2 Å². The highest BCUT2D eigenvalue weighted by atomic mass is 16.2. The van der Waals surface area contributed by atoms with Gasteiger partial charge in [-0.15, -0.1) is 0 Å². The van der Waals surface area contributed by atoms with Gasteiger partial charge in [-0.05, 0) is 69.1 Å². The van der Waals surface area contributed by atoms with Crippen LogP contribution in [0.1, 0.15) is 71.6 Å². The Morgan fingerprint density at radius 3 is 2.00 bits per heavy atom. The number of hydrogen-bond acceptors (Lipinski definition) is 2. The van der Waals surface area contributed by atoms with Gasteiger partial charge in [-0.3, -0.25) is 9.59 Å². The molecule has 4 nitrogen and oxygen atoms in total. The van der Waals surface area contributed by atoms with E-state index in [4.69, 9.17) is 0 Å². The van der Waals surface area contributed by atoms with Gasteiger partial charge >= 0.3 is 0 Å². The molecule has 0 aliphatic heterocycles. The molecule has 4 aliphatic carbocycles. The SMILES string of the molecule is CCC(CC)N(C)C(=O)CCNC(=O)C12CC3CC(CC(C3)C1)C2. The number of amides is 2. The Balaban J connectivity index is 1.49. The van der Waals surface area contributed by atoms with E-state index in [1.807, 2.05) is 11.9 Å². The maximum absolute atomic E-state index is 12.9. The minimum Gasteiger partial charge on any atom is -0.355 e. The number of carbonyl (C=O) groups is 2. The Hall–Kier alpha value is -1.06. The molecule has 4 aliphatic rings. The molecule has 0 radical (unpaired) electrons. The summed E-state index contributed by atoms with van der Waals surface area (Å²) in [5, 5.41) is 3.11. The number of nitrogens with zero attached hydrogens (tertiary/aromatic N) is 1. The van der Waals surface area contributed by atoms with Crippen LogP contribution < -0.4 is 5.32 Å². The van der Waals surface area contributed by atoms with Crippen LogP contribution in [0.5, 0.6) is 0 Å². The van der Waals surface area contributed by atoms with Crippen LogP contribution in [0.2, 0.25) is 0 Å². The summed E-state index contributed by atoms with van der Waals surface area (Å²) in [5.41, 5.74) is -0.0981. The number of carbonyl (C=O) groups excluding carboxylic acids is 2. The molecule has 0 heterocycles. The van der Waals surface area contributed by atoms with Gasteiger partial charge in [0.2, 0.25) is 11.8 Å². The fourth-order valence-electron chi connectivity index (χ4n) is 6.08. The van der Waals surface area contributed by atoms with Crippen molar-refractivity contribution >= 4 is 11.8 Å². The number of rotatable bonds is 7. The average molecular weight is 335 g/mol. The molecule has 0 spiro atoms. The van der Waals surface area contributed by atoms with Crippen molar-refractivity contribution in [3.8, 4) is 0 Å². The van der Waals surface area contributed by atoms with Crippen LogP contribution in [-0.4, -0.2) is 36.3 Å². The van der Waals surface area contributed by atoms with Gasteiger partial charge in [0.15, 0.2) is 0 Å². The van der Waals surface area contributed by atoms with E-state index >= 15 is 0 Å². The van der Waals surface area contributed by atoms with Crippen molar-refractivity contribution in [1.82, 2.24) is 10.2 Å². The first kappa shape index (κ1) is 17.8. The maximum atomic E-state index is 12.9. The standard InChI is InChI=1S/C20H34N2O2/c1-4-17(5-2)22(3)18(23)6-7-21-19(24)20-11-14-8-15(12-20)10-16(9-14)13-20/h14-17H,4-13H2,1-3H3,(H,21,24). The molecule has 0 aromatic carbocycles. The molecule has 4 bridgehead atoms. The summed E-state index contributed by atoms with van der Waals surface area (Å²) < 4.78 is 0. The summed E-state index contributed by atoms with van der Waals surface area (Å²) in [7, 11) is 1.89. The third kappa shape index (κ3) is 3.34. The summed E-state index contributed by atoms with van der Waals surface area (Å²) in [6.45, 7) is 4.73. The van der Waals surface area contributed by atoms with Crippen molar-refractivity contribution in [3.63, 3.8) is 0 Å². The topological polar surface area (TPSA) is 49.4 Å². The second-order valence-corrected chi connectivity index (χ2v) is 8.68. The van der Waals surface area contributed by atoms with Gasteiger partial charge in [0.25, 0.3) is 0 Å². The van der Waals surface area contributed by atoms with Crippen molar-refractivity contribution in [2.24, 2.45) is 23.2 Å². The molecule has 4 saturated carbocycles. The summed E-state index contributed by atoms with van der Waals surface area (Å²) in [5.74, 6) is 2.73. The van der Waals surface area contributed by atoms with Crippen LogP contribution in [0, 0.1) is 23.2 Å². The van der Waals surface area contributed by atoms with E-state index in [0.29, 0.717) is 19.0 Å². The largest absolute Gasteiger partial charge is 0.355 e. The second-order valence-electron chi connectivity index (χ2n) is 8.68. The maximum Gasteiger partial charge on any atom is 0.226 e. The zero-order chi connectivity index (χ0) is 17.3. The van der Waals surface area contributed by atoms with Crippen LogP contribution in [0.15, 0.2) is 0 Å². The minimum atomic E-state index is -0.0981. The second kappa shape index (κ2) is 7.05. The van der Waals surface area contributed by atoms with E-state index in [2.05, 4.69) is 19.2 Å². The summed E-state index contributed by atoms with van der Waals surface area (Å²) >= 11 is 0. The summed E-state index contributed by atoms with van der Waals surface area (Å²) in [6.07, 6.45) is 9.72. The molecule has 0 aromatic rings. The minimum absolute atomic E-state index is 0.0981. The molecule has 4 rings (SSSR count). The molecular weight excluding hydrogens is 300 g/mol. The van der Waals surface area contributed by atoms with Gasteiger partial charge in [-0.25, -0.2) is 0 Å². The van der Waals surface area contributed by atoms with E-state index in [0.717, 1.165) is 49.9 Å². The normalized spacial score (nSPS) is 33.8. The third-order valence-corrected chi connectivity index (χ3v) is 7.03. The smallest absolute Gasteiger partial charge is 0.226 e. The predicted octanol–water partition coefficient (Wildman–Crippen LogP) is 3.36. The first-order chi connectivity index (χ1) is 11.5. The zero-order valence-corrected chi connectivity index (χ0v) is 15.6. The quantitative estimate of drug-likeness (QED) is 0.776. The third-order valence-electron chi connectivity index (χ3n) is 7.03. The van der Waals surface area contributed by atoms with Gasteiger partial charge in [0.05, 0.1) is 0 Å². The molecule has 2 amide bonds. The highest BCUT2D eigenvalue weighted by Gasteiger charge is 2.54. The van der Waals surface area contributed by atoms with Crippen molar-refractivity contribution in [1.29, 1.82) is 0 Å². The molecule has 0 saturated heterocycles. The monoisotopic (exact) mass is 334 g/mol. The lowest BCUT2D eigenvalue weighted by atomic mass is 9.49. The Bertz CT molecular complexity index is 449. The average Bonchev–Trinajstić information content (AvgIpc) is 2.54. The van der Waals surface area contributed by atoms with Gasteiger partial charge in [-0.1, -0.05) is 13.8 Å². The van der Waals surface area contributed by atoms with E-state index in [1.165, 1.54) is 19.3 Å². The van der Waals surface area contributed by atoms with Crippen molar-refractivity contribution in [2.45, 2.75) is 77.7 Å². The van der Waals surface area contributed by atoms with Crippen molar-refractivity contribution < 1.29 is 9.59 Å². The molecule has 4 heteroatoms. The number of hydrogen-bond donors (Lipinski definition) is 1.